The third kappa shape index (κ3) is 3.21. The summed E-state index contributed by atoms with van der Waals surface area (Å²) in [5.74, 6) is 0.825. The first kappa shape index (κ1) is 16.0. The average Bonchev–Trinajstić information content (AvgIpc) is 2.68. The number of fused-ring (bicyclic) bond motifs is 1. The summed E-state index contributed by atoms with van der Waals surface area (Å²) in [7, 11) is 1.66. The zero-order chi connectivity index (χ0) is 17.2. The molecule has 2 atom stereocenters. The highest BCUT2D eigenvalue weighted by molar-refractivity contribution is 6.30. The maximum absolute atomic E-state index is 6.40. The topological polar surface area (TPSA) is 30.5 Å². The first-order chi connectivity index (χ1) is 12.2. The molecule has 0 aromatic heterocycles. The zero-order valence-electron chi connectivity index (χ0n) is 13.8. The fourth-order valence-electron chi connectivity index (χ4n) is 3.09. The zero-order valence-corrected chi connectivity index (χ0v) is 14.5. The average molecular weight is 352 g/mol. The number of anilines is 1. The van der Waals surface area contributed by atoms with E-state index in [9.17, 15) is 0 Å². The monoisotopic (exact) mass is 351 g/mol. The molecule has 0 saturated heterocycles. The minimum atomic E-state index is -0.246. The molecule has 0 saturated carbocycles. The van der Waals surface area contributed by atoms with E-state index in [0.29, 0.717) is 5.02 Å². The van der Waals surface area contributed by atoms with Gasteiger partial charge in [-0.15, -0.1) is 0 Å². The number of rotatable bonds is 3. The summed E-state index contributed by atoms with van der Waals surface area (Å²) in [6, 6.07) is 24.0. The van der Waals surface area contributed by atoms with Gasteiger partial charge in [0.05, 0.1) is 7.11 Å². The molecule has 1 aliphatic heterocycles. The van der Waals surface area contributed by atoms with Crippen LogP contribution in [-0.2, 0) is 4.74 Å². The predicted molar refractivity (Wildman–Crippen MR) is 100 cm³/mol. The molecule has 4 heteroatoms. The molecule has 126 valence electrons. The molecule has 3 nitrogen and oxygen atoms in total. The number of ether oxygens (including phenoxy) is 2. The summed E-state index contributed by atoms with van der Waals surface area (Å²) >= 11 is 6.22. The number of methoxy groups -OCH3 is 1. The van der Waals surface area contributed by atoms with E-state index in [2.05, 4.69) is 17.4 Å². The fourth-order valence-corrected chi connectivity index (χ4v) is 3.27. The van der Waals surface area contributed by atoms with Crippen LogP contribution in [0.1, 0.15) is 29.0 Å². The van der Waals surface area contributed by atoms with E-state index in [1.807, 2.05) is 60.7 Å². The molecule has 1 heterocycles. The van der Waals surface area contributed by atoms with Crippen molar-refractivity contribution >= 4 is 17.3 Å². The summed E-state index contributed by atoms with van der Waals surface area (Å²) in [6.45, 7) is 0. The van der Waals surface area contributed by atoms with Crippen molar-refractivity contribution in [3.63, 3.8) is 0 Å². The smallest absolute Gasteiger partial charge is 0.155 e. The van der Waals surface area contributed by atoms with Crippen molar-refractivity contribution in [3.05, 3.63) is 94.5 Å². The number of benzene rings is 3. The van der Waals surface area contributed by atoms with Gasteiger partial charge in [-0.25, -0.2) is 0 Å². The molecule has 0 fully saturated rings. The second kappa shape index (κ2) is 6.79. The maximum Gasteiger partial charge on any atom is 0.155 e. The fraction of sp³-hybridized carbons (Fsp3) is 0.143. The Morgan fingerprint density at radius 1 is 0.920 bits per heavy atom. The van der Waals surface area contributed by atoms with Gasteiger partial charge in [0.15, 0.2) is 6.23 Å². The van der Waals surface area contributed by atoms with Crippen LogP contribution in [-0.4, -0.2) is 7.11 Å². The van der Waals surface area contributed by atoms with Crippen LogP contribution in [0.2, 0.25) is 5.02 Å². The molecule has 3 aromatic carbocycles. The van der Waals surface area contributed by atoms with Gasteiger partial charge in [-0.2, -0.15) is 0 Å². The normalized spacial score (nSPS) is 19.0. The highest BCUT2D eigenvalue weighted by atomic mass is 35.5. The van der Waals surface area contributed by atoms with E-state index in [1.54, 1.807) is 7.11 Å². The second-order valence-corrected chi connectivity index (χ2v) is 6.39. The van der Waals surface area contributed by atoms with Crippen LogP contribution in [0.15, 0.2) is 72.8 Å². The van der Waals surface area contributed by atoms with E-state index in [1.165, 1.54) is 0 Å². The van der Waals surface area contributed by atoms with E-state index in [-0.39, 0.29) is 12.3 Å². The van der Waals surface area contributed by atoms with Gasteiger partial charge in [-0.3, -0.25) is 0 Å². The quantitative estimate of drug-likeness (QED) is 0.668. The molecule has 0 spiro atoms. The van der Waals surface area contributed by atoms with E-state index in [0.717, 1.165) is 28.1 Å². The van der Waals surface area contributed by atoms with Gasteiger partial charge >= 0.3 is 0 Å². The largest absolute Gasteiger partial charge is 0.497 e. The minimum absolute atomic E-state index is 0.178. The summed E-state index contributed by atoms with van der Waals surface area (Å²) in [6.07, 6.45) is -0.423. The lowest BCUT2D eigenvalue weighted by molar-refractivity contribution is 0.0157. The Morgan fingerprint density at radius 2 is 1.68 bits per heavy atom. The van der Waals surface area contributed by atoms with E-state index >= 15 is 0 Å². The van der Waals surface area contributed by atoms with Crippen molar-refractivity contribution < 1.29 is 9.47 Å². The van der Waals surface area contributed by atoms with Gasteiger partial charge in [0.1, 0.15) is 11.9 Å². The molecule has 0 aliphatic carbocycles. The minimum Gasteiger partial charge on any atom is -0.497 e. The SMILES string of the molecule is COc1ccc(C2Nc3ccc(Cl)cc3C(c3ccccc3)O2)cc1. The Balaban J connectivity index is 1.74. The van der Waals surface area contributed by atoms with E-state index in [4.69, 9.17) is 21.1 Å². The van der Waals surface area contributed by atoms with Crippen LogP contribution in [0.5, 0.6) is 5.75 Å². The standard InChI is InChI=1S/C21H18ClNO2/c1-24-17-10-7-15(8-11-17)21-23-19-12-9-16(22)13-18(19)20(25-21)14-5-3-2-4-6-14/h2-13,20-21,23H,1H3. The highest BCUT2D eigenvalue weighted by Crippen LogP contribution is 2.42. The summed E-state index contributed by atoms with van der Waals surface area (Å²) < 4.78 is 11.6. The number of hydrogen-bond acceptors (Lipinski definition) is 3. The summed E-state index contributed by atoms with van der Waals surface area (Å²) in [4.78, 5) is 0. The predicted octanol–water partition coefficient (Wildman–Crippen LogP) is 5.58. The molecule has 1 aliphatic rings. The Bertz CT molecular complexity index is 865. The van der Waals surface area contributed by atoms with Gasteiger partial charge < -0.3 is 14.8 Å². The summed E-state index contributed by atoms with van der Waals surface area (Å²) in [5.41, 5.74) is 4.22. The second-order valence-electron chi connectivity index (χ2n) is 5.96. The van der Waals surface area contributed by atoms with Crippen molar-refractivity contribution in [3.8, 4) is 5.75 Å². The van der Waals surface area contributed by atoms with Crippen molar-refractivity contribution in [2.45, 2.75) is 12.3 Å². The number of hydrogen-bond donors (Lipinski definition) is 1. The van der Waals surface area contributed by atoms with E-state index < -0.39 is 0 Å². The number of halogens is 1. The summed E-state index contributed by atoms with van der Waals surface area (Å²) in [5, 5.41) is 4.16. The van der Waals surface area contributed by atoms with Gasteiger partial charge in [-0.05, 0) is 35.9 Å². The molecule has 3 aromatic rings. The van der Waals surface area contributed by atoms with Crippen molar-refractivity contribution in [2.75, 3.05) is 12.4 Å². The first-order valence-corrected chi connectivity index (χ1v) is 8.53. The van der Waals surface area contributed by atoms with Gasteiger partial charge in [0.25, 0.3) is 0 Å². The molecule has 0 amide bonds. The van der Waals surface area contributed by atoms with Crippen LogP contribution >= 0.6 is 11.6 Å². The third-order valence-corrected chi connectivity index (χ3v) is 4.61. The molecule has 0 bridgehead atoms. The number of nitrogens with one attached hydrogen (secondary N) is 1. The molecule has 4 rings (SSSR count). The molecule has 2 unspecified atom stereocenters. The Labute approximate surface area is 152 Å². The molecule has 0 radical (unpaired) electrons. The van der Waals surface area contributed by atoms with Crippen LogP contribution in [0.3, 0.4) is 0 Å². The lowest BCUT2D eigenvalue weighted by atomic mass is 9.97. The molecule has 1 N–H and O–H groups in total. The Kier molecular flexibility index (Phi) is 4.35. The van der Waals surface area contributed by atoms with Gasteiger partial charge in [0, 0.05) is 21.8 Å². The van der Waals surface area contributed by atoms with Crippen LogP contribution in [0.4, 0.5) is 5.69 Å². The van der Waals surface area contributed by atoms with Crippen molar-refractivity contribution in [2.24, 2.45) is 0 Å². The van der Waals surface area contributed by atoms with Crippen LogP contribution in [0.25, 0.3) is 0 Å². The Hall–Kier alpha value is -2.49. The lowest BCUT2D eigenvalue weighted by Crippen LogP contribution is -2.25. The highest BCUT2D eigenvalue weighted by Gasteiger charge is 2.29. The van der Waals surface area contributed by atoms with Crippen molar-refractivity contribution in [1.29, 1.82) is 0 Å². The first-order valence-electron chi connectivity index (χ1n) is 8.15. The molecule has 25 heavy (non-hydrogen) atoms. The Morgan fingerprint density at radius 3 is 2.40 bits per heavy atom. The van der Waals surface area contributed by atoms with Gasteiger partial charge in [-0.1, -0.05) is 54.1 Å². The van der Waals surface area contributed by atoms with Crippen LogP contribution < -0.4 is 10.1 Å². The van der Waals surface area contributed by atoms with Crippen LogP contribution in [0, 0.1) is 0 Å². The maximum atomic E-state index is 6.40. The van der Waals surface area contributed by atoms with Gasteiger partial charge in [0.2, 0.25) is 0 Å². The third-order valence-electron chi connectivity index (χ3n) is 4.38. The molecular formula is C21H18ClNO2. The molecular weight excluding hydrogens is 334 g/mol. The lowest BCUT2D eigenvalue weighted by Gasteiger charge is -2.34. The van der Waals surface area contributed by atoms with Crippen molar-refractivity contribution in [1.82, 2.24) is 0 Å².